The summed E-state index contributed by atoms with van der Waals surface area (Å²) < 4.78 is 28.6. The maximum Gasteiger partial charge on any atom is 0.261 e. The van der Waals surface area contributed by atoms with Crippen LogP contribution in [-0.2, 0) is 20.6 Å². The average Bonchev–Trinajstić information content (AvgIpc) is 2.73. The molecule has 0 aliphatic heterocycles. The normalized spacial score (nSPS) is 11.2. The monoisotopic (exact) mass is 558 g/mol. The van der Waals surface area contributed by atoms with Crippen molar-refractivity contribution in [1.82, 2.24) is 0 Å². The van der Waals surface area contributed by atoms with E-state index in [2.05, 4.69) is 26.0 Å². The van der Waals surface area contributed by atoms with Crippen molar-refractivity contribution in [3.63, 3.8) is 0 Å². The topological polar surface area (TPSA) is 75.3 Å². The molecule has 0 unspecified atom stereocenters. The van der Waals surface area contributed by atoms with E-state index in [0.717, 1.165) is 15.8 Å². The molecule has 0 radical (unpaired) electrons. The lowest BCUT2D eigenvalue weighted by Gasteiger charge is -2.11. The molecule has 0 fully saturated rings. The molecule has 3 rings (SSSR count). The molecule has 3 aromatic carbocycles. The Kier molecular flexibility index (Phi) is 8.30. The lowest BCUT2D eigenvalue weighted by molar-refractivity contribution is -0.113. The van der Waals surface area contributed by atoms with Crippen molar-refractivity contribution in [3.8, 4) is 0 Å². The first-order valence-electron chi connectivity index (χ1n) is 8.93. The first kappa shape index (κ1) is 23.9. The maximum absolute atomic E-state index is 12.6. The van der Waals surface area contributed by atoms with Gasteiger partial charge in [-0.25, -0.2) is 8.42 Å². The van der Waals surface area contributed by atoms with E-state index >= 15 is 0 Å². The number of amides is 1. The number of anilines is 2. The summed E-state index contributed by atoms with van der Waals surface area (Å²) in [5, 5.41) is 3.13. The van der Waals surface area contributed by atoms with Gasteiger partial charge in [-0.05, 0) is 54.1 Å². The van der Waals surface area contributed by atoms with Crippen molar-refractivity contribution in [3.05, 3.63) is 86.8 Å². The highest BCUT2D eigenvalue weighted by Crippen LogP contribution is 2.31. The van der Waals surface area contributed by atoms with Gasteiger partial charge in [-0.2, -0.15) is 0 Å². The fourth-order valence-corrected chi connectivity index (χ4v) is 5.07. The molecule has 0 aliphatic carbocycles. The summed E-state index contributed by atoms with van der Waals surface area (Å²) in [4.78, 5) is 12.2. The van der Waals surface area contributed by atoms with E-state index in [1.165, 1.54) is 42.1 Å². The second-order valence-corrected chi connectivity index (χ2v) is 10.8. The zero-order valence-corrected chi connectivity index (χ0v) is 20.7. The number of carbonyl (C=O) groups excluding carboxylic acids is 1. The Bertz CT molecular complexity index is 1170. The minimum atomic E-state index is -3.86. The molecule has 0 aliphatic rings. The van der Waals surface area contributed by atoms with Gasteiger partial charge in [0.15, 0.2) is 0 Å². The molecule has 162 valence electrons. The largest absolute Gasteiger partial charge is 0.325 e. The van der Waals surface area contributed by atoms with Crippen LogP contribution in [0.25, 0.3) is 0 Å². The van der Waals surface area contributed by atoms with Gasteiger partial charge in [-0.15, -0.1) is 11.8 Å². The van der Waals surface area contributed by atoms with Crippen LogP contribution in [0.3, 0.4) is 0 Å². The summed E-state index contributed by atoms with van der Waals surface area (Å²) in [6, 6.07) is 18.5. The molecule has 31 heavy (non-hydrogen) atoms. The van der Waals surface area contributed by atoms with Crippen LogP contribution < -0.4 is 10.0 Å². The van der Waals surface area contributed by atoms with Gasteiger partial charge in [-0.1, -0.05) is 57.3 Å². The number of sulfonamides is 1. The van der Waals surface area contributed by atoms with E-state index < -0.39 is 10.0 Å². The molecule has 0 atom stereocenters. The molecule has 5 nitrogen and oxygen atoms in total. The van der Waals surface area contributed by atoms with Crippen LogP contribution >= 0.6 is 50.9 Å². The van der Waals surface area contributed by atoms with Crippen molar-refractivity contribution in [2.75, 3.05) is 15.8 Å². The number of hydrogen-bond acceptors (Lipinski definition) is 4. The second-order valence-electron chi connectivity index (χ2n) is 6.40. The summed E-state index contributed by atoms with van der Waals surface area (Å²) in [5.41, 5.74) is 1.83. The van der Waals surface area contributed by atoms with Gasteiger partial charge < -0.3 is 5.32 Å². The third-order valence-corrected chi connectivity index (χ3v) is 7.79. The zero-order chi connectivity index (χ0) is 22.4. The fraction of sp³-hybridized carbons (Fsp3) is 0.0952. The Morgan fingerprint density at radius 3 is 2.32 bits per heavy atom. The Labute approximate surface area is 203 Å². The van der Waals surface area contributed by atoms with Crippen molar-refractivity contribution >= 4 is 78.2 Å². The third kappa shape index (κ3) is 6.89. The van der Waals surface area contributed by atoms with Crippen LogP contribution in [0.5, 0.6) is 0 Å². The number of thioether (sulfide) groups is 1. The quantitative estimate of drug-likeness (QED) is 0.333. The highest BCUT2D eigenvalue weighted by Gasteiger charge is 2.17. The van der Waals surface area contributed by atoms with Gasteiger partial charge in [0.25, 0.3) is 10.0 Å². The zero-order valence-electron chi connectivity index (χ0n) is 15.9. The Morgan fingerprint density at radius 2 is 1.65 bits per heavy atom. The Hall–Kier alpha value is -1.71. The summed E-state index contributed by atoms with van der Waals surface area (Å²) in [6.07, 6.45) is 0. The second kappa shape index (κ2) is 10.7. The molecule has 10 heteroatoms. The number of hydrogen-bond donors (Lipinski definition) is 2. The molecule has 0 spiro atoms. The number of rotatable bonds is 8. The van der Waals surface area contributed by atoms with Crippen molar-refractivity contribution in [2.45, 2.75) is 10.6 Å². The van der Waals surface area contributed by atoms with Gasteiger partial charge in [0, 0.05) is 15.9 Å². The summed E-state index contributed by atoms with van der Waals surface area (Å²) in [5.74, 6) is 0.835. The SMILES string of the molecule is O=C(CSCc1ccc(Br)cc1)Nc1ccc(S(=O)(=O)Nc2cccc(Cl)c2Cl)cc1. The molecule has 1 amide bonds. The van der Waals surface area contributed by atoms with Crippen LogP contribution in [0.4, 0.5) is 11.4 Å². The predicted molar refractivity (Wildman–Crippen MR) is 133 cm³/mol. The molecular formula is C21H17BrCl2N2O3S2. The number of nitrogens with one attached hydrogen (secondary N) is 2. The fourth-order valence-electron chi connectivity index (χ4n) is 2.54. The van der Waals surface area contributed by atoms with E-state index in [0.29, 0.717) is 5.69 Å². The highest BCUT2D eigenvalue weighted by atomic mass is 79.9. The van der Waals surface area contributed by atoms with E-state index in [1.54, 1.807) is 12.1 Å². The number of halogens is 3. The van der Waals surface area contributed by atoms with Gasteiger partial charge >= 0.3 is 0 Å². The van der Waals surface area contributed by atoms with Crippen LogP contribution in [0.1, 0.15) is 5.56 Å². The van der Waals surface area contributed by atoms with Crippen LogP contribution in [0.15, 0.2) is 76.1 Å². The van der Waals surface area contributed by atoms with Crippen molar-refractivity contribution < 1.29 is 13.2 Å². The van der Waals surface area contributed by atoms with Gasteiger partial charge in [0.1, 0.15) is 0 Å². The van der Waals surface area contributed by atoms with Gasteiger partial charge in [-0.3, -0.25) is 9.52 Å². The standard InChI is InChI=1S/C21H17BrCl2N2O3S2/c22-15-6-4-14(5-7-15)12-30-13-20(27)25-16-8-10-17(11-9-16)31(28,29)26-19-3-1-2-18(23)21(19)24/h1-11,26H,12-13H2,(H,25,27). The minimum absolute atomic E-state index is 0.0335. The molecular weight excluding hydrogens is 543 g/mol. The van der Waals surface area contributed by atoms with Gasteiger partial charge in [0.05, 0.1) is 26.4 Å². The lowest BCUT2D eigenvalue weighted by Crippen LogP contribution is -2.15. The number of benzene rings is 3. The van der Waals surface area contributed by atoms with Crippen LogP contribution in [-0.4, -0.2) is 20.1 Å². The minimum Gasteiger partial charge on any atom is -0.325 e. The van der Waals surface area contributed by atoms with Crippen LogP contribution in [0.2, 0.25) is 10.0 Å². The molecule has 0 saturated carbocycles. The lowest BCUT2D eigenvalue weighted by atomic mass is 10.2. The Balaban J connectivity index is 1.55. The molecule has 0 aromatic heterocycles. The average molecular weight is 560 g/mol. The Morgan fingerprint density at radius 1 is 0.968 bits per heavy atom. The molecule has 0 bridgehead atoms. The summed E-state index contributed by atoms with van der Waals surface area (Å²) in [7, 11) is -3.86. The predicted octanol–water partition coefficient (Wildman–Crippen LogP) is 6.43. The highest BCUT2D eigenvalue weighted by molar-refractivity contribution is 9.10. The van der Waals surface area contributed by atoms with Crippen molar-refractivity contribution in [2.24, 2.45) is 0 Å². The first-order valence-corrected chi connectivity index (χ1v) is 13.1. The maximum atomic E-state index is 12.6. The van der Waals surface area contributed by atoms with E-state index in [-0.39, 0.29) is 32.3 Å². The third-order valence-electron chi connectivity index (χ3n) is 4.06. The van der Waals surface area contributed by atoms with E-state index in [9.17, 15) is 13.2 Å². The summed E-state index contributed by atoms with van der Waals surface area (Å²) >= 11 is 16.9. The molecule has 2 N–H and O–H groups in total. The molecule has 3 aromatic rings. The van der Waals surface area contributed by atoms with Gasteiger partial charge in [0.2, 0.25) is 5.91 Å². The van der Waals surface area contributed by atoms with Crippen molar-refractivity contribution in [1.29, 1.82) is 0 Å². The molecule has 0 saturated heterocycles. The van der Waals surface area contributed by atoms with E-state index in [4.69, 9.17) is 23.2 Å². The van der Waals surface area contributed by atoms with Crippen LogP contribution in [0, 0.1) is 0 Å². The first-order chi connectivity index (χ1) is 14.7. The van der Waals surface area contributed by atoms with E-state index in [1.807, 2.05) is 24.3 Å². The summed E-state index contributed by atoms with van der Waals surface area (Å²) in [6.45, 7) is 0. The number of carbonyl (C=O) groups is 1. The smallest absolute Gasteiger partial charge is 0.261 e. The molecule has 0 heterocycles.